The number of piperidine rings is 1. The van der Waals surface area contributed by atoms with Crippen LogP contribution in [0.25, 0.3) is 10.9 Å². The minimum absolute atomic E-state index is 0.0411. The first-order chi connectivity index (χ1) is 29.1. The molecule has 15 nitrogen and oxygen atoms in total. The minimum atomic E-state index is -2.57. The van der Waals surface area contributed by atoms with E-state index < -0.39 is 74.1 Å². The van der Waals surface area contributed by atoms with Crippen LogP contribution in [-0.2, 0) is 50.6 Å². The molecule has 1 amide bonds. The summed E-state index contributed by atoms with van der Waals surface area (Å²) in [5.74, 6) is -2.58. The highest BCUT2D eigenvalue weighted by Crippen LogP contribution is 2.68. The molecule has 1 aliphatic carbocycles. The molecular weight excluding hydrogens is 785 g/mol. The van der Waals surface area contributed by atoms with E-state index in [2.05, 4.69) is 9.88 Å². The Morgan fingerprint density at radius 1 is 1.02 bits per heavy atom. The van der Waals surface area contributed by atoms with E-state index in [-0.39, 0.29) is 38.2 Å². The molecule has 1 spiro atoms. The molecule has 6 heterocycles. The van der Waals surface area contributed by atoms with Crippen molar-refractivity contribution in [3.63, 3.8) is 0 Å². The fourth-order valence-corrected chi connectivity index (χ4v) is 13.6. The molecule has 3 aromatic rings. The Bertz CT molecular complexity index is 2370. The first kappa shape index (κ1) is 41.5. The highest BCUT2D eigenvalue weighted by molar-refractivity contribution is 5.96. The molecular formula is C46H56N4O11. The molecule has 3 fully saturated rings. The van der Waals surface area contributed by atoms with Gasteiger partial charge in [0.05, 0.1) is 46.1 Å². The number of hydrogen-bond donors (Lipinski definition) is 3. The highest BCUT2D eigenvalue weighted by Gasteiger charge is 2.81. The Hall–Kier alpha value is -4.80. The van der Waals surface area contributed by atoms with E-state index in [0.717, 1.165) is 23.6 Å². The number of carbonyl (C=O) groups is 4. The summed E-state index contributed by atoms with van der Waals surface area (Å²) >= 11 is 0. The van der Waals surface area contributed by atoms with Gasteiger partial charge in [0.15, 0.2) is 6.10 Å². The monoisotopic (exact) mass is 840 g/mol. The van der Waals surface area contributed by atoms with Crippen molar-refractivity contribution in [2.24, 2.45) is 11.3 Å². The van der Waals surface area contributed by atoms with Crippen LogP contribution in [0.3, 0.4) is 0 Å². The number of nitrogens with one attached hydrogen (secondary N) is 1. The van der Waals surface area contributed by atoms with Crippen molar-refractivity contribution in [1.29, 1.82) is 0 Å². The largest absolute Gasteiger partial charge is 0.633 e. The maximum Gasteiger partial charge on any atom is 0.344 e. The van der Waals surface area contributed by atoms with Gasteiger partial charge in [-0.2, -0.15) is 0 Å². The van der Waals surface area contributed by atoms with Crippen LogP contribution in [0.4, 0.5) is 5.69 Å². The zero-order chi connectivity index (χ0) is 43.5. The van der Waals surface area contributed by atoms with Crippen LogP contribution in [-0.4, -0.2) is 133 Å². The van der Waals surface area contributed by atoms with Crippen molar-refractivity contribution in [3.05, 3.63) is 76.1 Å². The van der Waals surface area contributed by atoms with E-state index in [4.69, 9.17) is 18.9 Å². The van der Waals surface area contributed by atoms with Gasteiger partial charge >= 0.3 is 17.9 Å². The van der Waals surface area contributed by atoms with E-state index in [0.29, 0.717) is 67.7 Å². The van der Waals surface area contributed by atoms with Crippen molar-refractivity contribution in [3.8, 4) is 5.75 Å². The number of amides is 1. The number of methoxy groups -OCH3 is 3. The van der Waals surface area contributed by atoms with Crippen molar-refractivity contribution >= 4 is 40.9 Å². The predicted molar refractivity (Wildman–Crippen MR) is 222 cm³/mol. The number of benzene rings is 2. The van der Waals surface area contributed by atoms with Gasteiger partial charge in [0.25, 0.3) is 0 Å². The topological polar surface area (TPSA) is 191 Å². The quantitative estimate of drug-likeness (QED) is 0.0749. The number of nitrogens with zero attached hydrogens (tertiary/aromatic N) is 3. The lowest BCUT2D eigenvalue weighted by Crippen LogP contribution is -2.81. The molecule has 1 aromatic heterocycles. The van der Waals surface area contributed by atoms with Crippen molar-refractivity contribution in [2.45, 2.75) is 99.5 Å². The number of fused-ring (bicyclic) bond motifs is 6. The number of anilines is 1. The number of hydrogen-bond acceptors (Lipinski definition) is 12. The SMILES string of the molecule is CC[C@]1(O)C[C@@H]2C[C@](C(=O)OC)(c3cc4c(cc3OC)N(C=O)[C@H]3[C@@](O)(C(=O)OC)[C@H](OC(C)=O)[C@]5(CC)C=CCN6CC[C@]43[C@@H]65)c3[nH]c4ccccc4c3CC[N@+]([O-])(C2)C1. The lowest BCUT2D eigenvalue weighted by Gasteiger charge is -2.63. The zero-order valence-corrected chi connectivity index (χ0v) is 35.7. The summed E-state index contributed by atoms with van der Waals surface area (Å²) in [6, 6.07) is 9.49. The molecule has 326 valence electrons. The molecule has 9 rings (SSSR count). The number of carbonyl (C=O) groups excluding carboxylic acids is 4. The van der Waals surface area contributed by atoms with Gasteiger partial charge in [-0.3, -0.25) is 19.3 Å². The maximum atomic E-state index is 15.3. The molecule has 1 saturated carbocycles. The number of aromatic amines is 1. The van der Waals surface area contributed by atoms with Crippen LogP contribution in [0.2, 0.25) is 0 Å². The van der Waals surface area contributed by atoms with Crippen LogP contribution in [0.15, 0.2) is 48.6 Å². The Balaban J connectivity index is 1.38. The number of aliphatic hydroxyl groups is 2. The third-order valence-electron chi connectivity index (χ3n) is 15.7. The summed E-state index contributed by atoms with van der Waals surface area (Å²) in [6.45, 7) is 6.48. The second kappa shape index (κ2) is 14.1. The van der Waals surface area contributed by atoms with E-state index in [1.54, 1.807) is 6.07 Å². The Morgan fingerprint density at radius 3 is 2.44 bits per heavy atom. The fourth-order valence-electron chi connectivity index (χ4n) is 13.6. The Morgan fingerprint density at radius 2 is 1.77 bits per heavy atom. The molecule has 61 heavy (non-hydrogen) atoms. The van der Waals surface area contributed by atoms with Crippen LogP contribution >= 0.6 is 0 Å². The molecule has 0 unspecified atom stereocenters. The molecule has 5 aliphatic heterocycles. The summed E-state index contributed by atoms with van der Waals surface area (Å²) in [6.07, 6.45) is 4.80. The summed E-state index contributed by atoms with van der Waals surface area (Å²) in [7, 11) is 3.97. The highest BCUT2D eigenvalue weighted by atomic mass is 16.6. The number of aromatic nitrogens is 1. The van der Waals surface area contributed by atoms with Crippen LogP contribution in [0.1, 0.15) is 75.3 Å². The van der Waals surface area contributed by atoms with Gasteiger partial charge in [-0.05, 0) is 61.9 Å². The van der Waals surface area contributed by atoms with Gasteiger partial charge in [-0.15, -0.1) is 0 Å². The first-order valence-electron chi connectivity index (χ1n) is 21.4. The third-order valence-corrected chi connectivity index (χ3v) is 15.7. The van der Waals surface area contributed by atoms with Crippen LogP contribution in [0.5, 0.6) is 5.75 Å². The number of H-pyrrole nitrogens is 1. The molecule has 2 aromatic carbocycles. The van der Waals surface area contributed by atoms with Crippen molar-refractivity contribution in [1.82, 2.24) is 9.88 Å². The number of quaternary nitrogens is 1. The summed E-state index contributed by atoms with van der Waals surface area (Å²) in [4.78, 5) is 63.7. The number of para-hydroxylation sites is 1. The molecule has 10 atom stereocenters. The van der Waals surface area contributed by atoms with Gasteiger partial charge in [0.1, 0.15) is 23.3 Å². The second-order valence-electron chi connectivity index (χ2n) is 18.5. The van der Waals surface area contributed by atoms with E-state index >= 15 is 4.79 Å². The first-order valence-corrected chi connectivity index (χ1v) is 21.4. The number of ether oxygens (including phenoxy) is 4. The van der Waals surface area contributed by atoms with E-state index in [9.17, 15) is 29.8 Å². The minimum Gasteiger partial charge on any atom is -0.633 e. The maximum absolute atomic E-state index is 15.3. The molecule has 2 bridgehead atoms. The summed E-state index contributed by atoms with van der Waals surface area (Å²) in [5, 5.41) is 40.9. The molecule has 3 N–H and O–H groups in total. The lowest BCUT2D eigenvalue weighted by atomic mass is 9.47. The van der Waals surface area contributed by atoms with Gasteiger partial charge in [-0.25, -0.2) is 4.79 Å². The van der Waals surface area contributed by atoms with Crippen molar-refractivity contribution in [2.75, 3.05) is 59.0 Å². The van der Waals surface area contributed by atoms with E-state index in [1.165, 1.54) is 26.0 Å². The zero-order valence-electron chi connectivity index (χ0n) is 35.7. The van der Waals surface area contributed by atoms with Gasteiger partial charge in [0, 0.05) is 70.9 Å². The summed E-state index contributed by atoms with van der Waals surface area (Å²) < 4.78 is 23.0. The smallest absolute Gasteiger partial charge is 0.344 e. The van der Waals surface area contributed by atoms with Gasteiger partial charge < -0.3 is 48.9 Å². The Kier molecular flexibility index (Phi) is 9.61. The lowest BCUT2D eigenvalue weighted by molar-refractivity contribution is -0.896. The van der Waals surface area contributed by atoms with Crippen LogP contribution < -0.4 is 9.64 Å². The number of rotatable bonds is 8. The normalized spacial score (nSPS) is 37.3. The molecule has 2 saturated heterocycles. The van der Waals surface area contributed by atoms with Gasteiger partial charge in [-0.1, -0.05) is 44.2 Å². The third kappa shape index (κ3) is 5.39. The summed E-state index contributed by atoms with van der Waals surface area (Å²) in [5.41, 5.74) is -4.32. The number of hydroxylamine groups is 3. The fraction of sp³-hybridized carbons (Fsp3) is 0.565. The standard InChI is InChI=1S/C46H56N4O11/c1-7-42(55)22-28-23-45(40(53)59-5,36-30(14-19-50(57,24-28)25-42)29-12-9-10-13-33(29)47-36)32-20-31-34(21-35(32)58-4)49(26-51)38-44(31)16-18-48-17-11-15-43(8-2,37(44)48)39(61-27(3)52)46(38,56)41(54)60-6/h9-13,15,20-21,26,28,37-39,47,55-56H,7-8,14,16-19,22-25H2,1-6H3/t28-,37+,38-,39-,42+,43-,44-,45+,46+,50+/m1/s1. The van der Waals surface area contributed by atoms with E-state index in [1.807, 2.05) is 56.3 Å². The average Bonchev–Trinajstić information content (AvgIpc) is 3.92. The Labute approximate surface area is 354 Å². The second-order valence-corrected chi connectivity index (χ2v) is 18.5. The molecule has 15 heteroatoms. The molecule has 0 radical (unpaired) electrons. The van der Waals surface area contributed by atoms with Crippen molar-refractivity contribution < 1.29 is 53.0 Å². The number of esters is 3. The van der Waals surface area contributed by atoms with Gasteiger partial charge in [0.2, 0.25) is 12.0 Å². The van der Waals surface area contributed by atoms with Crippen LogP contribution in [0, 0.1) is 16.5 Å². The molecule has 6 aliphatic rings. The average molecular weight is 841 g/mol. The predicted octanol–water partition coefficient (Wildman–Crippen LogP) is 3.53.